The highest BCUT2D eigenvalue weighted by Gasteiger charge is 2.24. The fourth-order valence-electron chi connectivity index (χ4n) is 4.23. The number of hydrogen-bond donors (Lipinski definition) is 1. The molecule has 1 aliphatic rings. The van der Waals surface area contributed by atoms with Crippen LogP contribution in [-0.4, -0.2) is 90.2 Å². The first-order chi connectivity index (χ1) is 16.5. The molecule has 0 aliphatic carbocycles. The monoisotopic (exact) mass is 478 g/mol. The number of hydrogen-bond acceptors (Lipinski definition) is 7. The summed E-state index contributed by atoms with van der Waals surface area (Å²) in [6.07, 6.45) is 3.06. The fourth-order valence-corrected chi connectivity index (χ4v) is 4.82. The largest absolute Gasteiger partial charge is 0.369 e. The van der Waals surface area contributed by atoms with Crippen molar-refractivity contribution in [2.24, 2.45) is 0 Å². The van der Waals surface area contributed by atoms with Gasteiger partial charge in [-0.05, 0) is 57.6 Å². The molecule has 0 spiro atoms. The van der Waals surface area contributed by atoms with Crippen LogP contribution in [0.1, 0.15) is 22.6 Å². The topological polar surface area (TPSA) is 64.6 Å². The van der Waals surface area contributed by atoms with Gasteiger partial charge in [-0.25, -0.2) is 9.97 Å². The van der Waals surface area contributed by atoms with Crippen LogP contribution in [-0.2, 0) is 6.54 Å². The first kappa shape index (κ1) is 24.4. The lowest BCUT2D eigenvalue weighted by atomic mass is 10.1. The summed E-state index contributed by atoms with van der Waals surface area (Å²) in [5.41, 5.74) is 1.76. The van der Waals surface area contributed by atoms with E-state index in [1.165, 1.54) is 0 Å². The quantitative estimate of drug-likeness (QED) is 0.372. The van der Waals surface area contributed by atoms with Gasteiger partial charge in [-0.1, -0.05) is 24.3 Å². The van der Waals surface area contributed by atoms with E-state index in [-0.39, 0.29) is 5.91 Å². The van der Waals surface area contributed by atoms with Crippen LogP contribution in [0.3, 0.4) is 0 Å². The Morgan fingerprint density at radius 3 is 2.53 bits per heavy atom. The highest BCUT2D eigenvalue weighted by atomic mass is 32.2. The van der Waals surface area contributed by atoms with Gasteiger partial charge in [0.25, 0.3) is 5.91 Å². The van der Waals surface area contributed by atoms with Crippen LogP contribution in [0.15, 0.2) is 53.4 Å². The van der Waals surface area contributed by atoms with E-state index in [0.29, 0.717) is 19.6 Å². The van der Waals surface area contributed by atoms with Crippen LogP contribution in [0.2, 0.25) is 0 Å². The molecule has 0 radical (unpaired) electrons. The normalized spacial score (nSPS) is 14.6. The highest BCUT2D eigenvalue weighted by Crippen LogP contribution is 2.23. The lowest BCUT2D eigenvalue weighted by Gasteiger charge is -2.34. The Morgan fingerprint density at radius 2 is 1.76 bits per heavy atom. The van der Waals surface area contributed by atoms with Gasteiger partial charge in [0.2, 0.25) is 0 Å². The lowest BCUT2D eigenvalue weighted by Crippen LogP contribution is -2.48. The van der Waals surface area contributed by atoms with Crippen molar-refractivity contribution < 1.29 is 4.79 Å². The standard InChI is InChI=1S/C26H34N6OS/c1-30(2)14-8-13-27-25-20-9-4-6-11-22(20)28-24(29-25)19-31-15-17-32(18-16-31)26(33)21-10-5-7-12-23(21)34-3/h4-7,9-12H,8,13-19H2,1-3H3,(H,27,28,29). The number of piperazine rings is 1. The van der Waals surface area contributed by atoms with Gasteiger partial charge < -0.3 is 15.1 Å². The van der Waals surface area contributed by atoms with E-state index < -0.39 is 0 Å². The second-order valence-electron chi connectivity index (χ2n) is 8.86. The third-order valence-corrected chi connectivity index (χ3v) is 6.88. The van der Waals surface area contributed by atoms with Crippen molar-refractivity contribution in [3.05, 3.63) is 59.9 Å². The molecule has 0 bridgehead atoms. The van der Waals surface area contributed by atoms with Gasteiger partial charge in [0.05, 0.1) is 17.6 Å². The van der Waals surface area contributed by atoms with Crippen molar-refractivity contribution in [1.29, 1.82) is 0 Å². The molecule has 1 aromatic heterocycles. The average molecular weight is 479 g/mol. The van der Waals surface area contributed by atoms with Gasteiger partial charge in [-0.3, -0.25) is 9.69 Å². The number of thioether (sulfide) groups is 1. The molecule has 0 atom stereocenters. The summed E-state index contributed by atoms with van der Waals surface area (Å²) in [5.74, 6) is 1.85. The summed E-state index contributed by atoms with van der Waals surface area (Å²) in [6, 6.07) is 16.0. The van der Waals surface area contributed by atoms with Crippen LogP contribution in [0.4, 0.5) is 5.82 Å². The SMILES string of the molecule is CSc1ccccc1C(=O)N1CCN(Cc2nc(NCCCN(C)C)c3ccccc3n2)CC1. The van der Waals surface area contributed by atoms with Gasteiger partial charge in [0, 0.05) is 43.0 Å². The summed E-state index contributed by atoms with van der Waals surface area (Å²) in [5, 5.41) is 4.58. The van der Waals surface area contributed by atoms with E-state index >= 15 is 0 Å². The van der Waals surface area contributed by atoms with Crippen LogP contribution in [0.5, 0.6) is 0 Å². The molecule has 1 aliphatic heterocycles. The number of nitrogens with zero attached hydrogens (tertiary/aromatic N) is 5. The molecule has 1 fully saturated rings. The summed E-state index contributed by atoms with van der Waals surface area (Å²) in [4.78, 5) is 30.3. The minimum absolute atomic E-state index is 0.121. The Hall–Kier alpha value is -2.68. The number of aromatic nitrogens is 2. The predicted octanol–water partition coefficient (Wildman–Crippen LogP) is 3.67. The highest BCUT2D eigenvalue weighted by molar-refractivity contribution is 7.98. The van der Waals surface area contributed by atoms with Gasteiger partial charge in [0.15, 0.2) is 0 Å². The minimum atomic E-state index is 0.121. The first-order valence-corrected chi connectivity index (χ1v) is 13.1. The van der Waals surface area contributed by atoms with Crippen molar-refractivity contribution in [2.75, 3.05) is 64.9 Å². The van der Waals surface area contributed by atoms with E-state index in [2.05, 4.69) is 35.3 Å². The van der Waals surface area contributed by atoms with E-state index in [4.69, 9.17) is 9.97 Å². The smallest absolute Gasteiger partial charge is 0.255 e. The number of nitrogens with one attached hydrogen (secondary N) is 1. The van der Waals surface area contributed by atoms with Crippen molar-refractivity contribution in [1.82, 2.24) is 24.7 Å². The number of para-hydroxylation sites is 1. The Labute approximate surface area is 206 Å². The van der Waals surface area contributed by atoms with Crippen LogP contribution in [0, 0.1) is 0 Å². The van der Waals surface area contributed by atoms with Crippen LogP contribution in [0.25, 0.3) is 10.9 Å². The maximum Gasteiger partial charge on any atom is 0.255 e. The molecule has 3 aromatic rings. The Kier molecular flexibility index (Phi) is 8.37. The Morgan fingerprint density at radius 1 is 1.03 bits per heavy atom. The fraction of sp³-hybridized carbons (Fsp3) is 0.423. The molecule has 1 amide bonds. The molecule has 1 saturated heterocycles. The zero-order valence-electron chi connectivity index (χ0n) is 20.3. The van der Waals surface area contributed by atoms with Crippen LogP contribution >= 0.6 is 11.8 Å². The number of rotatable bonds is 9. The molecule has 8 heteroatoms. The molecule has 34 heavy (non-hydrogen) atoms. The number of amides is 1. The summed E-state index contributed by atoms with van der Waals surface area (Å²) >= 11 is 1.62. The summed E-state index contributed by atoms with van der Waals surface area (Å²) < 4.78 is 0. The number of benzene rings is 2. The van der Waals surface area contributed by atoms with E-state index in [0.717, 1.165) is 65.6 Å². The minimum Gasteiger partial charge on any atom is -0.369 e. The molecule has 0 unspecified atom stereocenters. The summed E-state index contributed by atoms with van der Waals surface area (Å²) in [7, 11) is 4.18. The van der Waals surface area contributed by atoms with E-state index in [1.807, 2.05) is 53.6 Å². The molecular weight excluding hydrogens is 444 g/mol. The zero-order valence-corrected chi connectivity index (χ0v) is 21.1. The second kappa shape index (κ2) is 11.6. The van der Waals surface area contributed by atoms with E-state index in [1.54, 1.807) is 11.8 Å². The molecular formula is C26H34N6OS. The van der Waals surface area contributed by atoms with Gasteiger partial charge in [0.1, 0.15) is 11.6 Å². The Bertz CT molecular complexity index is 1110. The molecule has 0 saturated carbocycles. The average Bonchev–Trinajstić information content (AvgIpc) is 2.86. The lowest BCUT2D eigenvalue weighted by molar-refractivity contribution is 0.0622. The number of carbonyl (C=O) groups is 1. The summed E-state index contributed by atoms with van der Waals surface area (Å²) in [6.45, 7) is 5.64. The van der Waals surface area contributed by atoms with Gasteiger partial charge in [-0.2, -0.15) is 0 Å². The van der Waals surface area contributed by atoms with Crippen molar-refractivity contribution in [3.8, 4) is 0 Å². The first-order valence-electron chi connectivity index (χ1n) is 11.8. The van der Waals surface area contributed by atoms with Gasteiger partial charge >= 0.3 is 0 Å². The number of fused-ring (bicyclic) bond motifs is 1. The molecule has 4 rings (SSSR count). The molecule has 1 N–H and O–H groups in total. The molecule has 180 valence electrons. The molecule has 7 nitrogen and oxygen atoms in total. The van der Waals surface area contributed by atoms with Crippen molar-refractivity contribution in [3.63, 3.8) is 0 Å². The maximum absolute atomic E-state index is 13.1. The second-order valence-corrected chi connectivity index (χ2v) is 9.71. The third-order valence-electron chi connectivity index (χ3n) is 6.09. The Balaban J connectivity index is 1.40. The molecule has 2 heterocycles. The van der Waals surface area contributed by atoms with Crippen molar-refractivity contribution >= 4 is 34.4 Å². The molecule has 2 aromatic carbocycles. The van der Waals surface area contributed by atoms with Gasteiger partial charge in [-0.15, -0.1) is 11.8 Å². The van der Waals surface area contributed by atoms with Crippen LogP contribution < -0.4 is 5.32 Å². The number of carbonyl (C=O) groups excluding carboxylic acids is 1. The van der Waals surface area contributed by atoms with E-state index in [9.17, 15) is 4.79 Å². The maximum atomic E-state index is 13.1. The van der Waals surface area contributed by atoms with Crippen molar-refractivity contribution in [2.45, 2.75) is 17.9 Å². The third kappa shape index (κ3) is 6.05. The number of anilines is 1. The zero-order chi connectivity index (χ0) is 23.9. The predicted molar refractivity (Wildman–Crippen MR) is 141 cm³/mol.